The van der Waals surface area contributed by atoms with Gasteiger partial charge >= 0.3 is 12.6 Å². The van der Waals surface area contributed by atoms with Crippen molar-refractivity contribution >= 4 is 5.97 Å². The second kappa shape index (κ2) is 11.9. The third-order valence-corrected chi connectivity index (χ3v) is 6.57. The van der Waals surface area contributed by atoms with Gasteiger partial charge < -0.3 is 9.47 Å². The Morgan fingerprint density at radius 3 is 2.00 bits per heavy atom. The van der Waals surface area contributed by atoms with Gasteiger partial charge in [0.1, 0.15) is 17.7 Å². The summed E-state index contributed by atoms with van der Waals surface area (Å²) < 4.78 is 86.0. The van der Waals surface area contributed by atoms with Crippen molar-refractivity contribution in [3.63, 3.8) is 0 Å². The van der Waals surface area contributed by atoms with Crippen LogP contribution in [0.4, 0.5) is 26.3 Å². The van der Waals surface area contributed by atoms with Gasteiger partial charge in [-0.1, -0.05) is 12.2 Å². The maximum absolute atomic E-state index is 13.9. The minimum Gasteiger partial charge on any atom is -0.426 e. The minimum absolute atomic E-state index is 0.0425. The van der Waals surface area contributed by atoms with E-state index in [0.29, 0.717) is 30.8 Å². The highest BCUT2D eigenvalue weighted by Crippen LogP contribution is 2.35. The molecule has 184 valence electrons. The predicted octanol–water partition coefficient (Wildman–Crippen LogP) is 7.18. The lowest BCUT2D eigenvalue weighted by Crippen LogP contribution is -2.30. The Kier molecular flexibility index (Phi) is 9.23. The molecule has 0 aliphatic heterocycles. The molecule has 0 spiro atoms. The summed E-state index contributed by atoms with van der Waals surface area (Å²) in [6.07, 6.45) is 6.90. The van der Waals surface area contributed by atoms with Gasteiger partial charge in [0.15, 0.2) is 6.17 Å². The molecule has 0 aromatic carbocycles. The zero-order valence-electron chi connectivity index (χ0n) is 18.1. The standard InChI is InChI=1S/C24H28F6O3/c25-19-12-18(13-20(26)22(19)33-24(29)30)32-23(31)17-9-7-15(8-10-17)2-1-14-3-5-16(6-4-14)11-21(27)28/h1-2,11-17,19,22,24H,3-10H2/b2-1+. The van der Waals surface area contributed by atoms with Gasteiger partial charge in [0.2, 0.25) is 0 Å². The van der Waals surface area contributed by atoms with Crippen molar-refractivity contribution in [3.05, 3.63) is 48.0 Å². The van der Waals surface area contributed by atoms with Gasteiger partial charge in [0.25, 0.3) is 6.08 Å². The summed E-state index contributed by atoms with van der Waals surface area (Å²) >= 11 is 0. The van der Waals surface area contributed by atoms with Crippen molar-refractivity contribution in [3.8, 4) is 0 Å². The number of rotatable bonds is 7. The highest BCUT2D eigenvalue weighted by Gasteiger charge is 2.34. The third-order valence-electron chi connectivity index (χ3n) is 6.57. The van der Waals surface area contributed by atoms with Crippen molar-refractivity contribution in [1.29, 1.82) is 0 Å². The Balaban J connectivity index is 1.41. The molecule has 33 heavy (non-hydrogen) atoms. The molecular formula is C24H28F6O3. The molecule has 0 aromatic rings. The van der Waals surface area contributed by atoms with Crippen LogP contribution in [0.5, 0.6) is 0 Å². The topological polar surface area (TPSA) is 35.5 Å². The lowest BCUT2D eigenvalue weighted by molar-refractivity contribution is -0.168. The summed E-state index contributed by atoms with van der Waals surface area (Å²) in [5.74, 6) is -1.96. The van der Waals surface area contributed by atoms with Crippen LogP contribution in [0, 0.1) is 23.7 Å². The number of hydrogen-bond donors (Lipinski definition) is 0. The molecular weight excluding hydrogens is 450 g/mol. The Hall–Kier alpha value is -2.03. The van der Waals surface area contributed by atoms with E-state index in [4.69, 9.17) is 4.74 Å². The van der Waals surface area contributed by atoms with Crippen molar-refractivity contribution in [2.75, 3.05) is 0 Å². The van der Waals surface area contributed by atoms with Crippen LogP contribution in [-0.4, -0.2) is 24.9 Å². The number of halogens is 6. The largest absolute Gasteiger partial charge is 0.426 e. The van der Waals surface area contributed by atoms with Crippen molar-refractivity contribution < 1.29 is 40.6 Å². The fourth-order valence-electron chi connectivity index (χ4n) is 4.72. The molecule has 0 bridgehead atoms. The smallest absolute Gasteiger partial charge is 0.346 e. The summed E-state index contributed by atoms with van der Waals surface area (Å²) in [7, 11) is 0. The molecule has 0 amide bonds. The monoisotopic (exact) mass is 478 g/mol. The van der Waals surface area contributed by atoms with Gasteiger partial charge in [0.05, 0.1) is 5.92 Å². The van der Waals surface area contributed by atoms with Crippen LogP contribution >= 0.6 is 0 Å². The summed E-state index contributed by atoms with van der Waals surface area (Å²) in [5.41, 5.74) is 0. The molecule has 9 heteroatoms. The first-order valence-electron chi connectivity index (χ1n) is 11.3. The van der Waals surface area contributed by atoms with Crippen LogP contribution in [-0.2, 0) is 14.3 Å². The van der Waals surface area contributed by atoms with Gasteiger partial charge in [-0.15, -0.1) is 0 Å². The Morgan fingerprint density at radius 1 is 0.939 bits per heavy atom. The summed E-state index contributed by atoms with van der Waals surface area (Å²) in [5, 5.41) is 0. The van der Waals surface area contributed by atoms with Gasteiger partial charge in [-0.25, -0.2) is 8.78 Å². The third kappa shape index (κ3) is 7.76. The molecule has 2 unspecified atom stereocenters. The van der Waals surface area contributed by atoms with Crippen LogP contribution in [0.15, 0.2) is 48.0 Å². The zero-order chi connectivity index (χ0) is 24.0. The molecule has 2 atom stereocenters. The van der Waals surface area contributed by atoms with E-state index in [1.165, 1.54) is 0 Å². The van der Waals surface area contributed by atoms with E-state index in [-0.39, 0.29) is 11.7 Å². The first-order valence-corrected chi connectivity index (χ1v) is 11.3. The molecule has 2 saturated carbocycles. The first-order chi connectivity index (χ1) is 15.7. The average Bonchev–Trinajstić information content (AvgIpc) is 2.75. The van der Waals surface area contributed by atoms with E-state index < -0.39 is 42.7 Å². The van der Waals surface area contributed by atoms with Gasteiger partial charge in [-0.3, -0.25) is 4.79 Å². The molecule has 0 saturated heterocycles. The normalized spacial score (nSPS) is 32.9. The predicted molar refractivity (Wildman–Crippen MR) is 109 cm³/mol. The number of allylic oxidation sites excluding steroid dienone is 4. The number of alkyl halides is 3. The van der Waals surface area contributed by atoms with E-state index in [1.807, 2.05) is 0 Å². The van der Waals surface area contributed by atoms with Gasteiger partial charge in [-0.05, 0) is 81.3 Å². The Labute approximate surface area is 189 Å². The zero-order valence-corrected chi connectivity index (χ0v) is 18.1. The van der Waals surface area contributed by atoms with Crippen LogP contribution in [0.2, 0.25) is 0 Å². The van der Waals surface area contributed by atoms with Gasteiger partial charge in [0, 0.05) is 6.08 Å². The molecule has 3 nitrogen and oxygen atoms in total. The molecule has 2 fully saturated rings. The van der Waals surface area contributed by atoms with Crippen LogP contribution in [0.1, 0.15) is 51.4 Å². The maximum atomic E-state index is 13.9. The second-order valence-electron chi connectivity index (χ2n) is 8.91. The minimum atomic E-state index is -3.33. The van der Waals surface area contributed by atoms with Crippen LogP contribution in [0.3, 0.4) is 0 Å². The Bertz CT molecular complexity index is 786. The lowest BCUT2D eigenvalue weighted by Gasteiger charge is -2.27. The number of carbonyl (C=O) groups is 1. The number of carbonyl (C=O) groups excluding carboxylic acids is 1. The SMILES string of the molecule is O=C(OC1=CC(F)C(OC(F)F)C(F)=C1)C1CCC(/C=C/C2CCC(C=C(F)F)CC2)CC1. The molecule has 0 radical (unpaired) electrons. The van der Waals surface area contributed by atoms with Crippen LogP contribution in [0.25, 0.3) is 0 Å². The van der Waals surface area contributed by atoms with E-state index in [0.717, 1.165) is 50.7 Å². The van der Waals surface area contributed by atoms with E-state index in [9.17, 15) is 31.1 Å². The van der Waals surface area contributed by atoms with Crippen molar-refractivity contribution in [2.45, 2.75) is 70.3 Å². The quantitative estimate of drug-likeness (QED) is 0.221. The lowest BCUT2D eigenvalue weighted by atomic mass is 9.79. The molecule has 3 aliphatic carbocycles. The molecule has 0 N–H and O–H groups in total. The van der Waals surface area contributed by atoms with Crippen LogP contribution < -0.4 is 0 Å². The first kappa shape index (κ1) is 25.6. The summed E-state index contributed by atoms with van der Waals surface area (Å²) in [6.45, 7) is -3.33. The van der Waals surface area contributed by atoms with Crippen molar-refractivity contribution in [1.82, 2.24) is 0 Å². The highest BCUT2D eigenvalue weighted by atomic mass is 19.3. The molecule has 3 aliphatic rings. The molecule has 3 rings (SSSR count). The number of hydrogen-bond acceptors (Lipinski definition) is 3. The fourth-order valence-corrected chi connectivity index (χ4v) is 4.72. The van der Waals surface area contributed by atoms with Crippen molar-refractivity contribution in [2.24, 2.45) is 23.7 Å². The summed E-state index contributed by atoms with van der Waals surface area (Å²) in [4.78, 5) is 12.4. The number of ether oxygens (including phenoxy) is 2. The maximum Gasteiger partial charge on any atom is 0.346 e. The van der Waals surface area contributed by atoms with E-state index in [1.54, 1.807) is 0 Å². The molecule has 0 aromatic heterocycles. The van der Waals surface area contributed by atoms with Gasteiger partial charge in [-0.2, -0.15) is 17.6 Å². The summed E-state index contributed by atoms with van der Waals surface area (Å²) in [6, 6.07) is 0. The number of esters is 1. The average molecular weight is 478 g/mol. The Morgan fingerprint density at radius 2 is 1.48 bits per heavy atom. The molecule has 0 heterocycles. The second-order valence-corrected chi connectivity index (χ2v) is 8.91. The highest BCUT2D eigenvalue weighted by molar-refractivity contribution is 5.74. The van der Waals surface area contributed by atoms with E-state index >= 15 is 0 Å². The fraction of sp³-hybridized carbons (Fsp3) is 0.625. The van der Waals surface area contributed by atoms with E-state index in [2.05, 4.69) is 16.9 Å².